The van der Waals surface area contributed by atoms with Crippen LogP contribution in [0.15, 0.2) is 23.1 Å². The molecule has 1 aromatic rings. The highest BCUT2D eigenvalue weighted by Crippen LogP contribution is 2.22. The van der Waals surface area contributed by atoms with Crippen LogP contribution in [0.5, 0.6) is 0 Å². The van der Waals surface area contributed by atoms with Gasteiger partial charge >= 0.3 is 0 Å². The third-order valence-electron chi connectivity index (χ3n) is 3.61. The van der Waals surface area contributed by atoms with Crippen LogP contribution >= 0.6 is 11.6 Å². The third kappa shape index (κ3) is 3.59. The Bertz CT molecular complexity index is 710. The largest absolute Gasteiger partial charge is 0.339 e. The minimum Gasteiger partial charge on any atom is -0.339 e. The molecule has 22 heavy (non-hydrogen) atoms. The lowest BCUT2D eigenvalue weighted by molar-refractivity contribution is -0.130. The summed E-state index contributed by atoms with van der Waals surface area (Å²) >= 11 is 6.03. The van der Waals surface area contributed by atoms with E-state index in [0.29, 0.717) is 26.2 Å². The molecule has 6 nitrogen and oxygen atoms in total. The van der Waals surface area contributed by atoms with Gasteiger partial charge in [0.15, 0.2) is 9.84 Å². The second kappa shape index (κ2) is 6.26. The lowest BCUT2D eigenvalue weighted by Gasteiger charge is -2.34. The first-order valence-corrected chi connectivity index (χ1v) is 9.01. The summed E-state index contributed by atoms with van der Waals surface area (Å²) in [6.07, 6.45) is 1.08. The highest BCUT2D eigenvalue weighted by molar-refractivity contribution is 7.90. The molecule has 8 heteroatoms. The molecule has 2 amide bonds. The van der Waals surface area contributed by atoms with Gasteiger partial charge in [-0.05, 0) is 18.2 Å². The molecule has 0 spiro atoms. The number of nitrogens with zero attached hydrogens (tertiary/aromatic N) is 2. The second-order valence-corrected chi connectivity index (χ2v) is 7.64. The van der Waals surface area contributed by atoms with Gasteiger partial charge < -0.3 is 9.80 Å². The van der Waals surface area contributed by atoms with Crippen molar-refractivity contribution in [3.63, 3.8) is 0 Å². The molecule has 1 fully saturated rings. The molecule has 0 N–H and O–H groups in total. The van der Waals surface area contributed by atoms with Gasteiger partial charge in [-0.3, -0.25) is 9.59 Å². The fraction of sp³-hybridized carbons (Fsp3) is 0.429. The minimum absolute atomic E-state index is 0.0239. The van der Waals surface area contributed by atoms with Crippen molar-refractivity contribution in [2.45, 2.75) is 11.8 Å². The third-order valence-corrected chi connectivity index (χ3v) is 5.05. The number of piperazine rings is 1. The quantitative estimate of drug-likeness (QED) is 0.803. The molecule has 1 aliphatic rings. The van der Waals surface area contributed by atoms with Crippen LogP contribution < -0.4 is 0 Å². The predicted octanol–water partition coefficient (Wildman–Crippen LogP) is 1.05. The summed E-state index contributed by atoms with van der Waals surface area (Å²) in [4.78, 5) is 27.1. The first-order chi connectivity index (χ1) is 10.2. The van der Waals surface area contributed by atoms with Crippen molar-refractivity contribution in [1.82, 2.24) is 9.80 Å². The van der Waals surface area contributed by atoms with Gasteiger partial charge in [-0.1, -0.05) is 11.6 Å². The van der Waals surface area contributed by atoms with E-state index in [1.165, 1.54) is 25.1 Å². The number of carbonyl (C=O) groups excluding carboxylic acids is 2. The van der Waals surface area contributed by atoms with Crippen molar-refractivity contribution in [2.75, 3.05) is 32.4 Å². The predicted molar refractivity (Wildman–Crippen MR) is 82.7 cm³/mol. The number of rotatable bonds is 2. The van der Waals surface area contributed by atoms with Crippen molar-refractivity contribution >= 4 is 33.3 Å². The van der Waals surface area contributed by atoms with Crippen LogP contribution in [0, 0.1) is 0 Å². The summed E-state index contributed by atoms with van der Waals surface area (Å²) in [5.74, 6) is -0.345. The van der Waals surface area contributed by atoms with Crippen LogP contribution in [-0.2, 0) is 14.6 Å². The molecule has 0 bridgehead atoms. The molecular weight excluding hydrogens is 328 g/mol. The Labute approximate surface area is 134 Å². The van der Waals surface area contributed by atoms with E-state index in [1.807, 2.05) is 0 Å². The molecule has 0 aliphatic carbocycles. The number of halogens is 1. The number of carbonyl (C=O) groups is 2. The Balaban J connectivity index is 2.22. The zero-order valence-corrected chi connectivity index (χ0v) is 13.9. The van der Waals surface area contributed by atoms with Crippen LogP contribution in [0.1, 0.15) is 17.3 Å². The summed E-state index contributed by atoms with van der Waals surface area (Å²) in [5, 5.41) is 0.214. The van der Waals surface area contributed by atoms with Crippen molar-refractivity contribution in [3.8, 4) is 0 Å². The monoisotopic (exact) mass is 344 g/mol. The number of sulfone groups is 1. The van der Waals surface area contributed by atoms with E-state index in [1.54, 1.807) is 9.80 Å². The summed E-state index contributed by atoms with van der Waals surface area (Å²) in [6.45, 7) is 3.22. The van der Waals surface area contributed by atoms with Crippen LogP contribution in [0.25, 0.3) is 0 Å². The van der Waals surface area contributed by atoms with Crippen molar-refractivity contribution in [2.24, 2.45) is 0 Å². The van der Waals surface area contributed by atoms with Gasteiger partial charge in [-0.15, -0.1) is 0 Å². The van der Waals surface area contributed by atoms with E-state index in [9.17, 15) is 18.0 Å². The lowest BCUT2D eigenvalue weighted by Crippen LogP contribution is -2.50. The Kier molecular flexibility index (Phi) is 4.77. The maximum absolute atomic E-state index is 12.5. The Morgan fingerprint density at radius 2 is 1.64 bits per heavy atom. The van der Waals surface area contributed by atoms with Crippen LogP contribution in [-0.4, -0.2) is 62.5 Å². The summed E-state index contributed by atoms with van der Waals surface area (Å²) in [5.41, 5.74) is 0.167. The van der Waals surface area contributed by atoms with E-state index in [0.717, 1.165) is 6.26 Å². The summed E-state index contributed by atoms with van der Waals surface area (Å²) in [7, 11) is -3.41. The zero-order chi connectivity index (χ0) is 16.5. The first-order valence-electron chi connectivity index (χ1n) is 6.74. The fourth-order valence-corrected chi connectivity index (χ4v) is 3.14. The second-order valence-electron chi connectivity index (χ2n) is 5.21. The molecule has 1 heterocycles. The maximum atomic E-state index is 12.5. The van der Waals surface area contributed by atoms with Gasteiger partial charge in [0.05, 0.1) is 15.5 Å². The standard InChI is InChI=1S/C14H17ClN2O4S/c1-10(18)16-5-7-17(8-6-16)14(19)12-9-11(22(2,20)21)3-4-13(12)15/h3-4,9H,5-8H2,1-2H3. The number of hydrogen-bond acceptors (Lipinski definition) is 4. The molecule has 1 saturated heterocycles. The fourth-order valence-electron chi connectivity index (χ4n) is 2.29. The number of amides is 2. The summed E-state index contributed by atoms with van der Waals surface area (Å²) in [6, 6.07) is 4.09. The Hall–Kier alpha value is -1.60. The Morgan fingerprint density at radius 3 is 2.14 bits per heavy atom. The van der Waals surface area contributed by atoms with E-state index >= 15 is 0 Å². The van der Waals surface area contributed by atoms with Crippen molar-refractivity contribution in [3.05, 3.63) is 28.8 Å². The summed E-state index contributed by atoms with van der Waals surface area (Å²) < 4.78 is 23.2. The maximum Gasteiger partial charge on any atom is 0.255 e. The zero-order valence-electron chi connectivity index (χ0n) is 12.4. The molecule has 120 valence electrons. The lowest BCUT2D eigenvalue weighted by atomic mass is 10.1. The number of hydrogen-bond donors (Lipinski definition) is 0. The van der Waals surface area contributed by atoms with Gasteiger partial charge in [-0.25, -0.2) is 8.42 Å². The van der Waals surface area contributed by atoms with E-state index in [2.05, 4.69) is 0 Å². The van der Waals surface area contributed by atoms with Gasteiger partial charge in [0.1, 0.15) is 0 Å². The molecule has 0 unspecified atom stereocenters. The topological polar surface area (TPSA) is 74.8 Å². The normalized spacial score (nSPS) is 15.8. The van der Waals surface area contributed by atoms with Gasteiger partial charge in [0.25, 0.3) is 5.91 Å². The van der Waals surface area contributed by atoms with Gasteiger partial charge in [-0.2, -0.15) is 0 Å². The van der Waals surface area contributed by atoms with E-state index < -0.39 is 9.84 Å². The van der Waals surface area contributed by atoms with Crippen molar-refractivity contribution < 1.29 is 18.0 Å². The van der Waals surface area contributed by atoms with Gasteiger partial charge in [0, 0.05) is 39.4 Å². The molecule has 2 rings (SSSR count). The van der Waals surface area contributed by atoms with Crippen LogP contribution in [0.4, 0.5) is 0 Å². The molecule has 1 aromatic carbocycles. The molecule has 0 atom stereocenters. The minimum atomic E-state index is -3.41. The SMILES string of the molecule is CC(=O)N1CCN(C(=O)c2cc(S(C)(=O)=O)ccc2Cl)CC1. The average molecular weight is 345 g/mol. The van der Waals surface area contributed by atoms with Crippen LogP contribution in [0.3, 0.4) is 0 Å². The van der Waals surface area contributed by atoms with Crippen molar-refractivity contribution in [1.29, 1.82) is 0 Å². The highest BCUT2D eigenvalue weighted by Gasteiger charge is 2.25. The smallest absolute Gasteiger partial charge is 0.255 e. The molecular formula is C14H17ClN2O4S. The van der Waals surface area contributed by atoms with Gasteiger partial charge in [0.2, 0.25) is 5.91 Å². The molecule has 1 aliphatic heterocycles. The molecule has 0 saturated carbocycles. The van der Waals surface area contributed by atoms with Crippen LogP contribution in [0.2, 0.25) is 5.02 Å². The van der Waals surface area contributed by atoms with E-state index in [-0.39, 0.29) is 27.3 Å². The first kappa shape index (κ1) is 16.8. The number of benzene rings is 1. The average Bonchev–Trinajstić information content (AvgIpc) is 2.46. The van der Waals surface area contributed by atoms with E-state index in [4.69, 9.17) is 11.6 Å². The Morgan fingerprint density at radius 1 is 1.09 bits per heavy atom. The molecule has 0 aromatic heterocycles. The molecule has 0 radical (unpaired) electrons. The highest BCUT2D eigenvalue weighted by atomic mass is 35.5.